The number of imidazole rings is 1. The van der Waals surface area contributed by atoms with E-state index >= 15 is 0 Å². The summed E-state index contributed by atoms with van der Waals surface area (Å²) in [5, 5.41) is 4.75. The van der Waals surface area contributed by atoms with Crippen molar-refractivity contribution in [3.8, 4) is 0 Å². The van der Waals surface area contributed by atoms with Gasteiger partial charge < -0.3 is 4.98 Å². The average Bonchev–Trinajstić information content (AvgIpc) is 2.76. The number of pyridine rings is 1. The van der Waals surface area contributed by atoms with Crippen LogP contribution in [0.3, 0.4) is 0 Å². The van der Waals surface area contributed by atoms with E-state index < -0.39 is 10.0 Å². The number of rotatable bonds is 4. The van der Waals surface area contributed by atoms with Gasteiger partial charge >= 0.3 is 0 Å². The normalized spacial score (nSPS) is 11.0. The quantitative estimate of drug-likeness (QED) is 0.820. The van der Waals surface area contributed by atoms with Crippen LogP contribution in [0.2, 0.25) is 0 Å². The van der Waals surface area contributed by atoms with E-state index in [0.29, 0.717) is 6.42 Å². The molecule has 0 saturated carbocycles. The zero-order valence-electron chi connectivity index (χ0n) is 10.3. The van der Waals surface area contributed by atoms with Gasteiger partial charge in [0.25, 0.3) is 0 Å². The molecule has 0 saturated heterocycles. The van der Waals surface area contributed by atoms with Crippen LogP contribution >= 0.6 is 0 Å². The lowest BCUT2D eigenvalue weighted by Crippen LogP contribution is -2.16. The molecule has 100 valence electrons. The molecule has 0 aliphatic rings. The number of sulfonamides is 1. The third kappa shape index (κ3) is 5.74. The van der Waals surface area contributed by atoms with Gasteiger partial charge in [0.1, 0.15) is 0 Å². The summed E-state index contributed by atoms with van der Waals surface area (Å²) in [6.07, 6.45) is 6.02. The van der Waals surface area contributed by atoms with Crippen LogP contribution in [0.15, 0.2) is 24.7 Å². The van der Waals surface area contributed by atoms with Gasteiger partial charge in [-0.1, -0.05) is 19.8 Å². The zero-order valence-corrected chi connectivity index (χ0v) is 11.2. The Bertz CT molecular complexity index is 535. The van der Waals surface area contributed by atoms with Crippen molar-refractivity contribution in [2.45, 2.75) is 26.2 Å². The van der Waals surface area contributed by atoms with E-state index in [1.165, 1.54) is 0 Å². The lowest BCUT2D eigenvalue weighted by Gasteiger charge is -1.94. The number of hydrogen-bond acceptors (Lipinski definition) is 4. The first-order valence-corrected chi connectivity index (χ1v) is 7.49. The summed E-state index contributed by atoms with van der Waals surface area (Å²) in [4.78, 5) is 10.9. The van der Waals surface area contributed by atoms with Gasteiger partial charge in [-0.25, -0.2) is 23.5 Å². The van der Waals surface area contributed by atoms with Gasteiger partial charge in [0.05, 0.1) is 17.6 Å². The smallest absolute Gasteiger partial charge is 0.209 e. The predicted octanol–water partition coefficient (Wildman–Crippen LogP) is 1.42. The van der Waals surface area contributed by atoms with Gasteiger partial charge in [-0.05, 0) is 18.6 Å². The van der Waals surface area contributed by atoms with Crippen molar-refractivity contribution in [3.05, 3.63) is 24.7 Å². The molecule has 0 atom stereocenters. The highest BCUT2D eigenvalue weighted by atomic mass is 32.2. The molecular weight excluding hydrogens is 252 g/mol. The van der Waals surface area contributed by atoms with Gasteiger partial charge in [-0.2, -0.15) is 0 Å². The van der Waals surface area contributed by atoms with Gasteiger partial charge in [-0.15, -0.1) is 0 Å². The molecule has 0 fully saturated rings. The third-order valence-corrected chi connectivity index (χ3v) is 3.08. The van der Waals surface area contributed by atoms with E-state index in [2.05, 4.69) is 15.0 Å². The molecule has 0 aliphatic carbocycles. The van der Waals surface area contributed by atoms with Crippen molar-refractivity contribution in [2.75, 3.05) is 5.75 Å². The number of unbranched alkanes of at least 4 members (excludes halogenated alkanes) is 2. The minimum absolute atomic E-state index is 0.126. The Morgan fingerprint density at radius 3 is 2.72 bits per heavy atom. The van der Waals surface area contributed by atoms with Crippen LogP contribution in [0.4, 0.5) is 0 Å². The summed E-state index contributed by atoms with van der Waals surface area (Å²) in [7, 11) is -3.20. The summed E-state index contributed by atoms with van der Waals surface area (Å²) in [6, 6.07) is 3.82. The van der Waals surface area contributed by atoms with Gasteiger partial charge in [0.15, 0.2) is 5.65 Å². The maximum atomic E-state index is 10.3. The molecule has 2 heterocycles. The van der Waals surface area contributed by atoms with Gasteiger partial charge in [0.2, 0.25) is 10.0 Å². The Hall–Kier alpha value is -1.47. The monoisotopic (exact) mass is 270 g/mol. The first kappa shape index (κ1) is 14.6. The van der Waals surface area contributed by atoms with Crippen LogP contribution in [0.5, 0.6) is 0 Å². The first-order chi connectivity index (χ1) is 8.53. The van der Waals surface area contributed by atoms with E-state index in [1.54, 1.807) is 12.5 Å². The Labute approximate surface area is 107 Å². The van der Waals surface area contributed by atoms with E-state index in [1.807, 2.05) is 19.1 Å². The minimum Gasteiger partial charge on any atom is -0.343 e. The highest BCUT2D eigenvalue weighted by molar-refractivity contribution is 7.89. The summed E-state index contributed by atoms with van der Waals surface area (Å²) in [5.74, 6) is 0.126. The van der Waals surface area contributed by atoms with Crippen molar-refractivity contribution in [1.29, 1.82) is 0 Å². The largest absolute Gasteiger partial charge is 0.343 e. The van der Waals surface area contributed by atoms with Crippen LogP contribution in [0.1, 0.15) is 26.2 Å². The number of nitrogens with two attached hydrogens (primary N) is 1. The number of aromatic nitrogens is 3. The molecule has 0 radical (unpaired) electrons. The maximum absolute atomic E-state index is 10.3. The summed E-state index contributed by atoms with van der Waals surface area (Å²) < 4.78 is 20.6. The second kappa shape index (κ2) is 7.07. The molecule has 6 nitrogen and oxygen atoms in total. The number of hydrogen-bond donors (Lipinski definition) is 2. The molecule has 2 aromatic rings. The summed E-state index contributed by atoms with van der Waals surface area (Å²) in [6.45, 7) is 2.02. The maximum Gasteiger partial charge on any atom is 0.209 e. The lowest BCUT2D eigenvalue weighted by molar-refractivity contribution is 0.592. The van der Waals surface area contributed by atoms with Crippen LogP contribution in [0.25, 0.3) is 11.2 Å². The fourth-order valence-electron chi connectivity index (χ4n) is 1.33. The molecule has 2 rings (SSSR count). The Balaban J connectivity index is 0.000000180. The molecule has 2 aromatic heterocycles. The highest BCUT2D eigenvalue weighted by Gasteiger charge is 1.99. The first-order valence-electron chi connectivity index (χ1n) is 5.77. The van der Waals surface area contributed by atoms with E-state index in [-0.39, 0.29) is 5.75 Å². The topological polar surface area (TPSA) is 102 Å². The van der Waals surface area contributed by atoms with Crippen molar-refractivity contribution < 1.29 is 8.42 Å². The fourth-order valence-corrected chi connectivity index (χ4v) is 1.94. The minimum atomic E-state index is -3.20. The van der Waals surface area contributed by atoms with Crippen LogP contribution in [-0.2, 0) is 10.0 Å². The number of aromatic amines is 1. The van der Waals surface area contributed by atoms with Crippen molar-refractivity contribution in [1.82, 2.24) is 15.0 Å². The summed E-state index contributed by atoms with van der Waals surface area (Å²) >= 11 is 0. The highest BCUT2D eigenvalue weighted by Crippen LogP contribution is 2.01. The van der Waals surface area contributed by atoms with Crippen LogP contribution in [0, 0.1) is 0 Å². The second-order valence-electron chi connectivity index (χ2n) is 3.85. The second-order valence-corrected chi connectivity index (χ2v) is 5.59. The average molecular weight is 270 g/mol. The fraction of sp³-hybridized carbons (Fsp3) is 0.455. The van der Waals surface area contributed by atoms with Crippen LogP contribution in [-0.4, -0.2) is 29.1 Å². The molecule has 0 aromatic carbocycles. The molecular formula is C11H18N4O2S. The van der Waals surface area contributed by atoms with Crippen molar-refractivity contribution >= 4 is 21.2 Å². The van der Waals surface area contributed by atoms with Crippen molar-refractivity contribution in [3.63, 3.8) is 0 Å². The Kier molecular flexibility index (Phi) is 5.73. The molecule has 18 heavy (non-hydrogen) atoms. The van der Waals surface area contributed by atoms with E-state index in [4.69, 9.17) is 5.14 Å². The molecule has 0 bridgehead atoms. The molecule has 3 N–H and O–H groups in total. The number of primary sulfonamides is 1. The SMILES string of the molecule is CCCCCS(N)(=O)=O.c1cnc2nc[nH]c2c1. The van der Waals surface area contributed by atoms with E-state index in [0.717, 1.165) is 24.0 Å². The van der Waals surface area contributed by atoms with E-state index in [9.17, 15) is 8.42 Å². The third-order valence-electron chi connectivity index (χ3n) is 2.23. The number of nitrogens with one attached hydrogen (secondary N) is 1. The number of nitrogens with zero attached hydrogens (tertiary/aromatic N) is 2. The Morgan fingerprint density at radius 1 is 1.33 bits per heavy atom. The Morgan fingerprint density at radius 2 is 2.11 bits per heavy atom. The predicted molar refractivity (Wildman–Crippen MR) is 71.4 cm³/mol. The van der Waals surface area contributed by atoms with Crippen molar-refractivity contribution in [2.24, 2.45) is 5.14 Å². The van der Waals surface area contributed by atoms with Gasteiger partial charge in [0, 0.05) is 6.20 Å². The lowest BCUT2D eigenvalue weighted by atomic mass is 10.3. The molecule has 0 spiro atoms. The molecule has 0 unspecified atom stereocenters. The molecule has 0 amide bonds. The molecule has 7 heteroatoms. The summed E-state index contributed by atoms with van der Waals surface area (Å²) in [5.41, 5.74) is 1.76. The number of H-pyrrole nitrogens is 1. The van der Waals surface area contributed by atoms with Crippen LogP contribution < -0.4 is 5.14 Å². The zero-order chi connectivity index (χ0) is 13.4. The number of fused-ring (bicyclic) bond motifs is 1. The van der Waals surface area contributed by atoms with Gasteiger partial charge in [-0.3, -0.25) is 0 Å². The standard InChI is InChI=1S/C6H5N3.C5H13NO2S/c1-2-5-6(7-3-1)9-4-8-5;1-2-3-4-5-9(6,7)8/h1-4H,(H,7,8,9);2-5H2,1H3,(H2,6,7,8). The molecule has 0 aliphatic heterocycles.